The molecule has 1 N–H and O–H groups in total. The Morgan fingerprint density at radius 2 is 1.81 bits per heavy atom. The van der Waals surface area contributed by atoms with Crippen molar-refractivity contribution in [1.82, 2.24) is 10.3 Å². The van der Waals surface area contributed by atoms with Crippen molar-refractivity contribution in [1.29, 1.82) is 0 Å². The average molecular weight is 454 g/mol. The summed E-state index contributed by atoms with van der Waals surface area (Å²) in [6.45, 7) is 0.133. The lowest BCUT2D eigenvalue weighted by atomic mass is 10.0. The Morgan fingerprint density at radius 3 is 2.47 bits per heavy atom. The van der Waals surface area contributed by atoms with E-state index in [0.29, 0.717) is 10.6 Å². The summed E-state index contributed by atoms with van der Waals surface area (Å²) in [4.78, 5) is 21.4. The molecule has 0 aliphatic heterocycles. The molecule has 0 saturated heterocycles. The molecule has 3 aromatic rings. The molecule has 0 radical (unpaired) electrons. The van der Waals surface area contributed by atoms with Gasteiger partial charge >= 0.3 is 0 Å². The van der Waals surface area contributed by atoms with E-state index in [1.165, 1.54) is 14.2 Å². The number of amides is 1. The summed E-state index contributed by atoms with van der Waals surface area (Å²) >= 11 is 6.46. The number of oxime groups is 1. The fraction of sp³-hybridized carbons (Fsp3) is 0.208. The van der Waals surface area contributed by atoms with Crippen molar-refractivity contribution in [2.75, 3.05) is 21.3 Å². The van der Waals surface area contributed by atoms with E-state index in [2.05, 4.69) is 15.5 Å². The number of nitrogens with zero attached hydrogens (tertiary/aromatic N) is 2. The van der Waals surface area contributed by atoms with E-state index < -0.39 is 0 Å². The summed E-state index contributed by atoms with van der Waals surface area (Å²) in [6, 6.07) is 18.8. The van der Waals surface area contributed by atoms with Crippen LogP contribution in [0.2, 0.25) is 5.02 Å². The second kappa shape index (κ2) is 11.3. The highest BCUT2D eigenvalue weighted by molar-refractivity contribution is 6.45. The molecule has 1 aromatic heterocycles. The Hall–Kier alpha value is -3.42. The van der Waals surface area contributed by atoms with Crippen LogP contribution in [0.1, 0.15) is 28.4 Å². The van der Waals surface area contributed by atoms with E-state index in [0.717, 1.165) is 16.7 Å². The standard InChI is InChI=1S/C24H24ClN3O4/c1-26-23(29)21(28-31-3)19-12-8-7-11-17(19)15-32-24-20(25)13-18(14-27-24)22(30-2)16-9-5-4-6-10-16/h4-14,22H,15H2,1-3H3,(H,26,29)/b28-21-. The van der Waals surface area contributed by atoms with Gasteiger partial charge in [0, 0.05) is 31.5 Å². The summed E-state index contributed by atoms with van der Waals surface area (Å²) in [5.74, 6) is -0.0929. The van der Waals surface area contributed by atoms with Gasteiger partial charge in [0.15, 0.2) is 5.71 Å². The van der Waals surface area contributed by atoms with Gasteiger partial charge in [0.1, 0.15) is 24.8 Å². The number of benzene rings is 2. The number of rotatable bonds is 9. The number of ether oxygens (including phenoxy) is 2. The Kier molecular flexibility index (Phi) is 8.19. The van der Waals surface area contributed by atoms with Crippen molar-refractivity contribution in [3.8, 4) is 5.88 Å². The number of hydrogen-bond donors (Lipinski definition) is 1. The van der Waals surface area contributed by atoms with Crippen LogP contribution in [0.15, 0.2) is 72.0 Å². The molecule has 0 aliphatic rings. The van der Waals surface area contributed by atoms with Crippen molar-refractivity contribution in [2.45, 2.75) is 12.7 Å². The molecule has 0 aliphatic carbocycles. The van der Waals surface area contributed by atoms with Crippen LogP contribution in [-0.4, -0.2) is 37.9 Å². The van der Waals surface area contributed by atoms with Crippen molar-refractivity contribution < 1.29 is 19.1 Å². The van der Waals surface area contributed by atoms with Gasteiger partial charge in [-0.3, -0.25) is 4.79 Å². The Bertz CT molecular complexity index is 1090. The highest BCUT2D eigenvalue weighted by Gasteiger charge is 2.19. The molecule has 0 saturated carbocycles. The van der Waals surface area contributed by atoms with Gasteiger partial charge in [-0.25, -0.2) is 4.98 Å². The van der Waals surface area contributed by atoms with Crippen molar-refractivity contribution in [3.05, 3.63) is 94.1 Å². The van der Waals surface area contributed by atoms with Gasteiger partial charge in [-0.2, -0.15) is 0 Å². The fourth-order valence-corrected chi connectivity index (χ4v) is 3.46. The van der Waals surface area contributed by atoms with Gasteiger partial charge in [0.05, 0.1) is 0 Å². The second-order valence-corrected chi connectivity index (χ2v) is 7.14. The zero-order chi connectivity index (χ0) is 22.9. The van der Waals surface area contributed by atoms with Crippen LogP contribution >= 0.6 is 11.6 Å². The van der Waals surface area contributed by atoms with Gasteiger partial charge in [-0.15, -0.1) is 0 Å². The first kappa shape index (κ1) is 23.2. The lowest BCUT2D eigenvalue weighted by Crippen LogP contribution is -2.29. The molecule has 7 nitrogen and oxygen atoms in total. The summed E-state index contributed by atoms with van der Waals surface area (Å²) in [5, 5.41) is 6.78. The zero-order valence-corrected chi connectivity index (χ0v) is 18.8. The Balaban J connectivity index is 1.81. The molecule has 3 rings (SSSR count). The van der Waals surface area contributed by atoms with E-state index in [1.54, 1.807) is 31.5 Å². The summed E-state index contributed by atoms with van der Waals surface area (Å²) in [5.41, 5.74) is 3.27. The first-order chi connectivity index (χ1) is 15.6. The van der Waals surface area contributed by atoms with E-state index in [1.807, 2.05) is 42.5 Å². The van der Waals surface area contributed by atoms with Gasteiger partial charge in [0.25, 0.3) is 5.91 Å². The highest BCUT2D eigenvalue weighted by atomic mass is 35.5. The smallest absolute Gasteiger partial charge is 0.273 e. The fourth-order valence-electron chi connectivity index (χ4n) is 3.23. The number of hydrogen-bond acceptors (Lipinski definition) is 6. The molecule has 1 heterocycles. The number of methoxy groups -OCH3 is 1. The molecule has 32 heavy (non-hydrogen) atoms. The minimum Gasteiger partial charge on any atom is -0.472 e. The number of aromatic nitrogens is 1. The zero-order valence-electron chi connectivity index (χ0n) is 18.0. The maximum atomic E-state index is 12.2. The van der Waals surface area contributed by atoms with Crippen molar-refractivity contribution in [2.24, 2.45) is 5.16 Å². The minimum absolute atomic E-state index is 0.133. The SMILES string of the molecule is CNC(=O)/C(=N\OC)c1ccccc1COc1ncc(C(OC)c2ccccc2)cc1Cl. The van der Waals surface area contributed by atoms with Gasteiger partial charge in [-0.05, 0) is 17.2 Å². The van der Waals surface area contributed by atoms with Gasteiger partial charge < -0.3 is 19.6 Å². The number of halogens is 1. The molecular weight excluding hydrogens is 430 g/mol. The minimum atomic E-state index is -0.369. The molecule has 0 spiro atoms. The average Bonchev–Trinajstić information content (AvgIpc) is 2.83. The maximum absolute atomic E-state index is 12.2. The lowest BCUT2D eigenvalue weighted by Gasteiger charge is -2.17. The maximum Gasteiger partial charge on any atom is 0.273 e. The van der Waals surface area contributed by atoms with Crippen LogP contribution in [0.3, 0.4) is 0 Å². The normalized spacial score (nSPS) is 12.2. The molecular formula is C24H24ClN3O4. The number of pyridine rings is 1. The van der Waals surface area contributed by atoms with Crippen LogP contribution < -0.4 is 10.1 Å². The molecule has 1 unspecified atom stereocenters. The summed E-state index contributed by atoms with van der Waals surface area (Å²) in [6.07, 6.45) is 1.38. The molecule has 8 heteroatoms. The molecule has 2 aromatic carbocycles. The third-order valence-electron chi connectivity index (χ3n) is 4.73. The number of carbonyl (C=O) groups excluding carboxylic acids is 1. The topological polar surface area (TPSA) is 82.0 Å². The first-order valence-electron chi connectivity index (χ1n) is 9.86. The Labute approximate surface area is 192 Å². The molecule has 0 bridgehead atoms. The molecule has 166 valence electrons. The molecule has 1 atom stereocenters. The van der Waals surface area contributed by atoms with E-state index in [9.17, 15) is 4.79 Å². The second-order valence-electron chi connectivity index (χ2n) is 6.73. The van der Waals surface area contributed by atoms with Gasteiger partial charge in [0.2, 0.25) is 5.88 Å². The van der Waals surface area contributed by atoms with Gasteiger partial charge in [-0.1, -0.05) is 71.4 Å². The van der Waals surface area contributed by atoms with Crippen molar-refractivity contribution >= 4 is 23.2 Å². The van der Waals surface area contributed by atoms with Crippen LogP contribution in [0.5, 0.6) is 5.88 Å². The van der Waals surface area contributed by atoms with E-state index in [4.69, 9.17) is 25.9 Å². The summed E-state index contributed by atoms with van der Waals surface area (Å²) in [7, 11) is 4.55. The van der Waals surface area contributed by atoms with Crippen LogP contribution in [0.4, 0.5) is 0 Å². The van der Waals surface area contributed by atoms with Crippen LogP contribution in [0, 0.1) is 0 Å². The molecule has 0 fully saturated rings. The predicted octanol–water partition coefficient (Wildman–Crippen LogP) is 4.15. The number of nitrogens with one attached hydrogen (secondary N) is 1. The number of likely N-dealkylation sites (N-methyl/N-ethyl adjacent to an activating group) is 1. The summed E-state index contributed by atoms with van der Waals surface area (Å²) < 4.78 is 11.5. The van der Waals surface area contributed by atoms with Crippen LogP contribution in [0.25, 0.3) is 0 Å². The largest absolute Gasteiger partial charge is 0.472 e. The van der Waals surface area contributed by atoms with E-state index in [-0.39, 0.29) is 30.2 Å². The Morgan fingerprint density at radius 1 is 1.09 bits per heavy atom. The molecule has 1 amide bonds. The quantitative estimate of drug-likeness (QED) is 0.389. The third kappa shape index (κ3) is 5.43. The van der Waals surface area contributed by atoms with Crippen LogP contribution in [-0.2, 0) is 21.0 Å². The lowest BCUT2D eigenvalue weighted by molar-refractivity contribution is -0.114. The monoisotopic (exact) mass is 453 g/mol. The highest BCUT2D eigenvalue weighted by Crippen LogP contribution is 2.30. The first-order valence-corrected chi connectivity index (χ1v) is 10.2. The van der Waals surface area contributed by atoms with Crippen molar-refractivity contribution in [3.63, 3.8) is 0 Å². The third-order valence-corrected chi connectivity index (χ3v) is 5.00. The van der Waals surface area contributed by atoms with E-state index >= 15 is 0 Å². The number of carbonyl (C=O) groups is 1. The predicted molar refractivity (Wildman–Crippen MR) is 123 cm³/mol.